The van der Waals surface area contributed by atoms with Gasteiger partial charge in [0.05, 0.1) is 6.04 Å². The highest BCUT2D eigenvalue weighted by Crippen LogP contribution is 2.29. The molecule has 2 aromatic rings. The van der Waals surface area contributed by atoms with Crippen LogP contribution in [0.3, 0.4) is 0 Å². The summed E-state index contributed by atoms with van der Waals surface area (Å²) in [5.74, 6) is -0.0609. The van der Waals surface area contributed by atoms with Gasteiger partial charge in [0.15, 0.2) is 0 Å². The molecule has 20 heavy (non-hydrogen) atoms. The molecule has 102 valence electrons. The number of benzene rings is 2. The summed E-state index contributed by atoms with van der Waals surface area (Å²) in [6.45, 7) is 0. The number of halogens is 1. The molecule has 0 spiro atoms. The number of hydrogen-bond acceptors (Lipinski definition) is 1. The molecule has 0 heterocycles. The maximum atomic E-state index is 12.3. The van der Waals surface area contributed by atoms with E-state index in [0.29, 0.717) is 10.6 Å². The van der Waals surface area contributed by atoms with Crippen molar-refractivity contribution in [3.05, 3.63) is 70.2 Å². The summed E-state index contributed by atoms with van der Waals surface area (Å²) in [4.78, 5) is 12.3. The van der Waals surface area contributed by atoms with Crippen molar-refractivity contribution < 1.29 is 4.79 Å². The summed E-state index contributed by atoms with van der Waals surface area (Å²) in [5.41, 5.74) is 3.20. The van der Waals surface area contributed by atoms with Crippen LogP contribution >= 0.6 is 11.6 Å². The molecular formula is C17H16ClNO. The molecule has 2 nitrogen and oxygen atoms in total. The summed E-state index contributed by atoms with van der Waals surface area (Å²) >= 11 is 5.93. The van der Waals surface area contributed by atoms with Gasteiger partial charge in [-0.2, -0.15) is 0 Å². The highest BCUT2D eigenvalue weighted by Gasteiger charge is 2.21. The van der Waals surface area contributed by atoms with Crippen LogP contribution in [0.15, 0.2) is 48.5 Å². The quantitative estimate of drug-likeness (QED) is 0.882. The summed E-state index contributed by atoms with van der Waals surface area (Å²) in [5, 5.41) is 3.71. The molecule has 3 rings (SSSR count). The van der Waals surface area contributed by atoms with Crippen LogP contribution in [0, 0.1) is 0 Å². The van der Waals surface area contributed by atoms with E-state index in [0.717, 1.165) is 19.3 Å². The zero-order valence-electron chi connectivity index (χ0n) is 11.1. The van der Waals surface area contributed by atoms with Gasteiger partial charge in [0.2, 0.25) is 0 Å². The molecule has 1 amide bonds. The van der Waals surface area contributed by atoms with Crippen LogP contribution < -0.4 is 5.32 Å². The van der Waals surface area contributed by atoms with Gasteiger partial charge in [-0.15, -0.1) is 0 Å². The van der Waals surface area contributed by atoms with Crippen LogP contribution in [0.1, 0.15) is 40.4 Å². The molecule has 1 N–H and O–H groups in total. The molecular weight excluding hydrogens is 270 g/mol. The Labute approximate surface area is 123 Å². The molecule has 0 saturated heterocycles. The van der Waals surface area contributed by atoms with Crippen molar-refractivity contribution in [1.29, 1.82) is 0 Å². The van der Waals surface area contributed by atoms with Crippen LogP contribution in [0.2, 0.25) is 5.02 Å². The van der Waals surface area contributed by atoms with E-state index < -0.39 is 0 Å². The summed E-state index contributed by atoms with van der Waals surface area (Å²) in [6.07, 6.45) is 3.19. The van der Waals surface area contributed by atoms with Gasteiger partial charge in [0, 0.05) is 10.6 Å². The lowest BCUT2D eigenvalue weighted by Gasteiger charge is -2.26. The molecule has 3 heteroatoms. The minimum atomic E-state index is -0.0609. The van der Waals surface area contributed by atoms with E-state index in [2.05, 4.69) is 23.5 Å². The Morgan fingerprint density at radius 1 is 1.15 bits per heavy atom. The second-order valence-electron chi connectivity index (χ2n) is 5.13. The van der Waals surface area contributed by atoms with Gasteiger partial charge in [-0.25, -0.2) is 0 Å². The molecule has 0 aromatic heterocycles. The van der Waals surface area contributed by atoms with Crippen molar-refractivity contribution in [1.82, 2.24) is 5.32 Å². The number of fused-ring (bicyclic) bond motifs is 1. The first kappa shape index (κ1) is 13.2. The maximum absolute atomic E-state index is 12.3. The molecule has 0 unspecified atom stereocenters. The third-order valence-corrected chi connectivity index (χ3v) is 4.00. The Morgan fingerprint density at radius 2 is 2.00 bits per heavy atom. The van der Waals surface area contributed by atoms with Crippen LogP contribution in [-0.2, 0) is 6.42 Å². The van der Waals surface area contributed by atoms with Crippen molar-refractivity contribution in [3.63, 3.8) is 0 Å². The molecule has 1 aliphatic rings. The first-order chi connectivity index (χ1) is 9.74. The number of hydrogen-bond donors (Lipinski definition) is 1. The Bertz CT molecular complexity index is 638. The second kappa shape index (κ2) is 5.68. The number of amides is 1. The summed E-state index contributed by atoms with van der Waals surface area (Å²) in [7, 11) is 0. The van der Waals surface area contributed by atoms with Gasteiger partial charge in [-0.1, -0.05) is 41.9 Å². The van der Waals surface area contributed by atoms with E-state index in [9.17, 15) is 4.79 Å². The zero-order chi connectivity index (χ0) is 13.9. The highest BCUT2D eigenvalue weighted by molar-refractivity contribution is 6.30. The highest BCUT2D eigenvalue weighted by atomic mass is 35.5. The Hall–Kier alpha value is -1.80. The van der Waals surface area contributed by atoms with E-state index in [-0.39, 0.29) is 11.9 Å². The van der Waals surface area contributed by atoms with Crippen molar-refractivity contribution in [2.75, 3.05) is 0 Å². The fourth-order valence-corrected chi connectivity index (χ4v) is 2.97. The SMILES string of the molecule is O=C(N[C@@H]1CCCc2ccccc21)c1cccc(Cl)c1. The topological polar surface area (TPSA) is 29.1 Å². The lowest BCUT2D eigenvalue weighted by molar-refractivity contribution is 0.0933. The van der Waals surface area contributed by atoms with Gasteiger partial charge in [0.1, 0.15) is 0 Å². The van der Waals surface area contributed by atoms with Gasteiger partial charge in [-0.05, 0) is 48.6 Å². The van der Waals surface area contributed by atoms with Gasteiger partial charge >= 0.3 is 0 Å². The molecule has 0 bridgehead atoms. The van der Waals surface area contributed by atoms with Gasteiger partial charge in [0.25, 0.3) is 5.91 Å². The molecule has 2 aromatic carbocycles. The first-order valence-corrected chi connectivity index (χ1v) is 7.26. The van der Waals surface area contributed by atoms with E-state index in [1.165, 1.54) is 11.1 Å². The Morgan fingerprint density at radius 3 is 2.85 bits per heavy atom. The lowest BCUT2D eigenvalue weighted by Crippen LogP contribution is -2.30. The van der Waals surface area contributed by atoms with Crippen LogP contribution in [0.5, 0.6) is 0 Å². The van der Waals surface area contributed by atoms with E-state index in [1.54, 1.807) is 24.3 Å². The number of rotatable bonds is 2. The fourth-order valence-electron chi connectivity index (χ4n) is 2.78. The van der Waals surface area contributed by atoms with Crippen molar-refractivity contribution in [2.45, 2.75) is 25.3 Å². The van der Waals surface area contributed by atoms with E-state index >= 15 is 0 Å². The average molecular weight is 286 g/mol. The normalized spacial score (nSPS) is 17.4. The van der Waals surface area contributed by atoms with Crippen LogP contribution in [-0.4, -0.2) is 5.91 Å². The molecule has 0 radical (unpaired) electrons. The lowest BCUT2D eigenvalue weighted by atomic mass is 9.87. The monoisotopic (exact) mass is 285 g/mol. The Kier molecular flexibility index (Phi) is 3.75. The summed E-state index contributed by atoms with van der Waals surface area (Å²) < 4.78 is 0. The predicted octanol–water partition coefficient (Wildman–Crippen LogP) is 4.15. The van der Waals surface area contributed by atoms with E-state index in [1.807, 2.05) is 6.07 Å². The van der Waals surface area contributed by atoms with Crippen LogP contribution in [0.25, 0.3) is 0 Å². The number of carbonyl (C=O) groups excluding carboxylic acids is 1. The minimum absolute atomic E-state index is 0.0609. The second-order valence-corrected chi connectivity index (χ2v) is 5.56. The molecule has 0 aliphatic heterocycles. The standard InChI is InChI=1S/C17H16ClNO/c18-14-8-3-7-13(11-14)17(20)19-16-10-4-6-12-5-1-2-9-15(12)16/h1-3,5,7-9,11,16H,4,6,10H2,(H,19,20)/t16-/m1/s1. The van der Waals surface area contributed by atoms with Gasteiger partial charge < -0.3 is 5.32 Å². The zero-order valence-corrected chi connectivity index (χ0v) is 11.9. The average Bonchev–Trinajstić information content (AvgIpc) is 2.47. The van der Waals surface area contributed by atoms with Crippen molar-refractivity contribution >= 4 is 17.5 Å². The maximum Gasteiger partial charge on any atom is 0.251 e. The first-order valence-electron chi connectivity index (χ1n) is 6.88. The van der Waals surface area contributed by atoms with Crippen molar-refractivity contribution in [3.8, 4) is 0 Å². The fraction of sp³-hybridized carbons (Fsp3) is 0.235. The van der Waals surface area contributed by atoms with Crippen LogP contribution in [0.4, 0.5) is 0 Å². The smallest absolute Gasteiger partial charge is 0.251 e. The molecule has 0 fully saturated rings. The summed E-state index contributed by atoms with van der Waals surface area (Å²) in [6, 6.07) is 15.5. The van der Waals surface area contributed by atoms with Crippen molar-refractivity contribution in [2.24, 2.45) is 0 Å². The third-order valence-electron chi connectivity index (χ3n) is 3.76. The molecule has 1 aliphatic carbocycles. The predicted molar refractivity (Wildman–Crippen MR) is 81.0 cm³/mol. The number of carbonyl (C=O) groups is 1. The number of nitrogens with one attached hydrogen (secondary N) is 1. The minimum Gasteiger partial charge on any atom is -0.345 e. The Balaban J connectivity index is 1.81. The van der Waals surface area contributed by atoms with Gasteiger partial charge in [-0.3, -0.25) is 4.79 Å². The third kappa shape index (κ3) is 2.70. The van der Waals surface area contributed by atoms with E-state index in [4.69, 9.17) is 11.6 Å². The largest absolute Gasteiger partial charge is 0.345 e. The molecule has 0 saturated carbocycles. The number of aryl methyl sites for hydroxylation is 1. The molecule has 1 atom stereocenters.